The minimum Gasteiger partial charge on any atom is -0.398 e. The molecule has 0 saturated heterocycles. The van der Waals surface area contributed by atoms with Gasteiger partial charge in [0.15, 0.2) is 0 Å². The lowest BCUT2D eigenvalue weighted by atomic mass is 9.94. The first kappa shape index (κ1) is 16.3. The van der Waals surface area contributed by atoms with E-state index in [0.29, 0.717) is 41.8 Å². The summed E-state index contributed by atoms with van der Waals surface area (Å²) in [5, 5.41) is 9.51. The highest BCUT2D eigenvalue weighted by Crippen LogP contribution is 2.29. The summed E-state index contributed by atoms with van der Waals surface area (Å²) in [5.41, 5.74) is 8.62. The van der Waals surface area contributed by atoms with E-state index < -0.39 is 10.0 Å². The maximum atomic E-state index is 12.7. The van der Waals surface area contributed by atoms with Gasteiger partial charge < -0.3 is 10.8 Å². The van der Waals surface area contributed by atoms with Gasteiger partial charge in [-0.05, 0) is 69.2 Å². The lowest BCUT2D eigenvalue weighted by Gasteiger charge is -2.27. The Kier molecular flexibility index (Phi) is 4.60. The Morgan fingerprint density at radius 2 is 1.71 bits per heavy atom. The van der Waals surface area contributed by atoms with Crippen molar-refractivity contribution in [2.45, 2.75) is 63.5 Å². The van der Waals surface area contributed by atoms with Crippen molar-refractivity contribution in [2.75, 3.05) is 5.73 Å². The molecule has 0 aliphatic heterocycles. The van der Waals surface area contributed by atoms with Crippen molar-refractivity contribution in [1.29, 1.82) is 0 Å². The lowest BCUT2D eigenvalue weighted by molar-refractivity contribution is 0.120. The summed E-state index contributed by atoms with van der Waals surface area (Å²) in [5.74, 6) is 0. The van der Waals surface area contributed by atoms with E-state index in [1.807, 2.05) is 6.92 Å². The summed E-state index contributed by atoms with van der Waals surface area (Å²) in [4.78, 5) is 0.297. The number of nitrogens with two attached hydrogens (primary N) is 1. The summed E-state index contributed by atoms with van der Waals surface area (Å²) >= 11 is 0. The fourth-order valence-electron chi connectivity index (χ4n) is 2.92. The molecule has 0 atom stereocenters. The smallest absolute Gasteiger partial charge is 0.241 e. The molecule has 1 saturated carbocycles. The average Bonchev–Trinajstić information content (AvgIpc) is 2.39. The van der Waals surface area contributed by atoms with Crippen LogP contribution in [-0.4, -0.2) is 25.7 Å². The minimum absolute atomic E-state index is 0.112. The normalized spacial score (nSPS) is 23.2. The average molecular weight is 312 g/mol. The molecule has 0 spiro atoms. The zero-order valence-electron chi connectivity index (χ0n) is 12.8. The van der Waals surface area contributed by atoms with Crippen LogP contribution in [0.3, 0.4) is 0 Å². The summed E-state index contributed by atoms with van der Waals surface area (Å²) < 4.78 is 28.2. The van der Waals surface area contributed by atoms with Crippen molar-refractivity contribution in [3.8, 4) is 0 Å². The number of hydrogen-bond acceptors (Lipinski definition) is 4. The number of sulfonamides is 1. The molecule has 0 bridgehead atoms. The van der Waals surface area contributed by atoms with E-state index in [1.165, 1.54) is 0 Å². The van der Waals surface area contributed by atoms with E-state index >= 15 is 0 Å². The highest BCUT2D eigenvalue weighted by molar-refractivity contribution is 7.89. The third-order valence-electron chi connectivity index (χ3n) is 4.36. The number of aliphatic hydroxyl groups excluding tert-OH is 1. The van der Waals surface area contributed by atoms with Gasteiger partial charge >= 0.3 is 0 Å². The number of nitrogens with one attached hydrogen (secondary N) is 1. The van der Waals surface area contributed by atoms with Gasteiger partial charge in [-0.1, -0.05) is 0 Å². The highest BCUT2D eigenvalue weighted by Gasteiger charge is 2.27. The minimum atomic E-state index is -3.60. The third-order valence-corrected chi connectivity index (χ3v) is 6.16. The summed E-state index contributed by atoms with van der Waals surface area (Å²) in [6.07, 6.45) is 2.31. The molecule has 1 aromatic rings. The molecule has 0 aromatic heterocycles. The Balaban J connectivity index is 2.32. The molecular weight excluding hydrogens is 288 g/mol. The molecule has 0 amide bonds. The fraction of sp³-hybridized carbons (Fsp3) is 0.600. The van der Waals surface area contributed by atoms with E-state index in [2.05, 4.69) is 4.72 Å². The second kappa shape index (κ2) is 5.94. The fourth-order valence-corrected chi connectivity index (χ4v) is 4.79. The first-order chi connectivity index (χ1) is 9.72. The van der Waals surface area contributed by atoms with Gasteiger partial charge in [-0.15, -0.1) is 0 Å². The standard InChI is InChI=1S/C15H24N2O3S/c1-9-8-14(16)11(3)15(10(9)2)21(19,20)17-12-4-6-13(18)7-5-12/h8,12-13,17-18H,4-7,16H2,1-3H3. The number of rotatable bonds is 3. The molecule has 5 nitrogen and oxygen atoms in total. The molecule has 21 heavy (non-hydrogen) atoms. The van der Waals surface area contributed by atoms with Gasteiger partial charge in [-0.2, -0.15) is 0 Å². The lowest BCUT2D eigenvalue weighted by Crippen LogP contribution is -2.39. The Morgan fingerprint density at radius 3 is 2.29 bits per heavy atom. The molecular formula is C15H24N2O3S. The Hall–Kier alpha value is -1.11. The molecule has 6 heteroatoms. The van der Waals surface area contributed by atoms with Crippen molar-refractivity contribution in [3.05, 3.63) is 22.8 Å². The van der Waals surface area contributed by atoms with Crippen molar-refractivity contribution in [2.24, 2.45) is 0 Å². The molecule has 1 aliphatic rings. The van der Waals surface area contributed by atoms with Gasteiger partial charge in [0, 0.05) is 11.7 Å². The van der Waals surface area contributed by atoms with Gasteiger partial charge in [-0.25, -0.2) is 13.1 Å². The predicted octanol–water partition coefficient (Wildman–Crippen LogP) is 1.78. The Labute approximate surface area is 126 Å². The second-order valence-electron chi connectivity index (χ2n) is 5.99. The molecule has 2 rings (SSSR count). The van der Waals surface area contributed by atoms with Crippen molar-refractivity contribution >= 4 is 15.7 Å². The van der Waals surface area contributed by atoms with Crippen LogP contribution < -0.4 is 10.5 Å². The van der Waals surface area contributed by atoms with Gasteiger partial charge in [0.25, 0.3) is 0 Å². The maximum absolute atomic E-state index is 12.7. The van der Waals surface area contributed by atoms with E-state index in [4.69, 9.17) is 5.73 Å². The Morgan fingerprint density at radius 1 is 1.14 bits per heavy atom. The van der Waals surface area contributed by atoms with Crippen LogP contribution in [0.5, 0.6) is 0 Å². The van der Waals surface area contributed by atoms with Gasteiger partial charge in [0.2, 0.25) is 10.0 Å². The molecule has 118 valence electrons. The SMILES string of the molecule is Cc1cc(N)c(C)c(S(=O)(=O)NC2CCC(O)CC2)c1C. The second-order valence-corrected chi connectivity index (χ2v) is 7.64. The molecule has 1 aliphatic carbocycles. The van der Waals surface area contributed by atoms with E-state index in [-0.39, 0.29) is 12.1 Å². The van der Waals surface area contributed by atoms with Gasteiger partial charge in [-0.3, -0.25) is 0 Å². The molecule has 1 aromatic carbocycles. The third kappa shape index (κ3) is 3.39. The quantitative estimate of drug-likeness (QED) is 0.742. The van der Waals surface area contributed by atoms with Gasteiger partial charge in [0.05, 0.1) is 11.0 Å². The van der Waals surface area contributed by atoms with E-state index in [1.54, 1.807) is 19.9 Å². The van der Waals surface area contributed by atoms with E-state index in [0.717, 1.165) is 11.1 Å². The first-order valence-electron chi connectivity index (χ1n) is 7.29. The molecule has 0 radical (unpaired) electrons. The van der Waals surface area contributed by atoms with Crippen LogP contribution in [0.4, 0.5) is 5.69 Å². The zero-order chi connectivity index (χ0) is 15.8. The van der Waals surface area contributed by atoms with Crippen LogP contribution in [0.25, 0.3) is 0 Å². The molecule has 0 heterocycles. The van der Waals surface area contributed by atoms with Crippen LogP contribution in [0, 0.1) is 20.8 Å². The molecule has 0 unspecified atom stereocenters. The summed E-state index contributed by atoms with van der Waals surface area (Å²) in [6.45, 7) is 5.41. The number of anilines is 1. The van der Waals surface area contributed by atoms with Crippen LogP contribution in [0.1, 0.15) is 42.4 Å². The van der Waals surface area contributed by atoms with Crippen LogP contribution in [0.15, 0.2) is 11.0 Å². The molecule has 4 N–H and O–H groups in total. The van der Waals surface area contributed by atoms with E-state index in [9.17, 15) is 13.5 Å². The number of nitrogen functional groups attached to an aromatic ring is 1. The topological polar surface area (TPSA) is 92.4 Å². The summed E-state index contributed by atoms with van der Waals surface area (Å²) in [7, 11) is -3.60. The van der Waals surface area contributed by atoms with Crippen molar-refractivity contribution < 1.29 is 13.5 Å². The van der Waals surface area contributed by atoms with Gasteiger partial charge in [0.1, 0.15) is 0 Å². The maximum Gasteiger partial charge on any atom is 0.241 e. The summed E-state index contributed by atoms with van der Waals surface area (Å²) in [6, 6.07) is 1.69. The number of aliphatic hydroxyl groups is 1. The predicted molar refractivity (Wildman–Crippen MR) is 83.6 cm³/mol. The number of benzene rings is 1. The van der Waals surface area contributed by atoms with Crippen molar-refractivity contribution in [1.82, 2.24) is 4.72 Å². The zero-order valence-corrected chi connectivity index (χ0v) is 13.6. The molecule has 1 fully saturated rings. The monoisotopic (exact) mass is 312 g/mol. The van der Waals surface area contributed by atoms with Crippen LogP contribution in [0.2, 0.25) is 0 Å². The van der Waals surface area contributed by atoms with Crippen molar-refractivity contribution in [3.63, 3.8) is 0 Å². The Bertz CT molecular complexity index is 607. The van der Waals surface area contributed by atoms with Crippen LogP contribution in [-0.2, 0) is 10.0 Å². The number of hydrogen-bond donors (Lipinski definition) is 3. The first-order valence-corrected chi connectivity index (χ1v) is 8.77. The highest BCUT2D eigenvalue weighted by atomic mass is 32.2. The largest absolute Gasteiger partial charge is 0.398 e. The number of aryl methyl sites for hydroxylation is 1. The van der Waals surface area contributed by atoms with Crippen LogP contribution >= 0.6 is 0 Å².